The van der Waals surface area contributed by atoms with Crippen molar-refractivity contribution in [3.05, 3.63) is 53.1 Å². The first-order chi connectivity index (χ1) is 12.5. The summed E-state index contributed by atoms with van der Waals surface area (Å²) in [6.45, 7) is -0.221. The molecule has 0 spiro atoms. The number of ether oxygens (including phenoxy) is 2. The number of anilines is 1. The fourth-order valence-corrected chi connectivity index (χ4v) is 2.31. The van der Waals surface area contributed by atoms with E-state index in [1.165, 1.54) is 13.3 Å². The molecule has 2 rings (SSSR count). The summed E-state index contributed by atoms with van der Waals surface area (Å²) < 4.78 is 10.8. The number of rotatable bonds is 7. The number of halogens is 1. The molecule has 136 valence electrons. The van der Waals surface area contributed by atoms with Crippen LogP contribution in [0.5, 0.6) is 11.5 Å². The summed E-state index contributed by atoms with van der Waals surface area (Å²) in [5, 5.41) is 6.88. The summed E-state index contributed by atoms with van der Waals surface area (Å²) >= 11 is 10.9. The van der Waals surface area contributed by atoms with Gasteiger partial charge in [-0.15, -0.1) is 0 Å². The van der Waals surface area contributed by atoms with Gasteiger partial charge in [0.05, 0.1) is 18.3 Å². The van der Waals surface area contributed by atoms with Crippen molar-refractivity contribution >= 4 is 46.7 Å². The standard InChI is InChI=1S/C17H17ClN4O3S/c1-24-14-8-11(9-20-22-17(19)26)7-13(18)16(14)25-10-15(23)21-12-5-3-2-4-6-12/h2-9H,10H2,1H3,(H,21,23)(H3,19,22,26). The summed E-state index contributed by atoms with van der Waals surface area (Å²) in [6.07, 6.45) is 1.47. The van der Waals surface area contributed by atoms with Crippen LogP contribution in [0.3, 0.4) is 0 Å². The van der Waals surface area contributed by atoms with E-state index in [1.807, 2.05) is 18.2 Å². The van der Waals surface area contributed by atoms with Gasteiger partial charge in [0.2, 0.25) is 0 Å². The van der Waals surface area contributed by atoms with Gasteiger partial charge in [0.15, 0.2) is 23.2 Å². The first-order valence-electron chi connectivity index (χ1n) is 7.43. The molecule has 0 bridgehead atoms. The number of hydrogen-bond acceptors (Lipinski definition) is 5. The Bertz CT molecular complexity index is 815. The number of hydrogen-bond donors (Lipinski definition) is 3. The van der Waals surface area contributed by atoms with Gasteiger partial charge in [-0.25, -0.2) is 0 Å². The van der Waals surface area contributed by atoms with E-state index in [0.29, 0.717) is 17.0 Å². The fraction of sp³-hybridized carbons (Fsp3) is 0.118. The number of carbonyl (C=O) groups excluding carboxylic acids is 1. The first-order valence-corrected chi connectivity index (χ1v) is 8.22. The Labute approximate surface area is 161 Å². The van der Waals surface area contributed by atoms with E-state index in [-0.39, 0.29) is 28.4 Å². The Balaban J connectivity index is 2.05. The number of carbonyl (C=O) groups is 1. The van der Waals surface area contributed by atoms with E-state index in [4.69, 9.17) is 26.8 Å². The topological polar surface area (TPSA) is 98.0 Å². The number of benzene rings is 2. The molecule has 0 aliphatic heterocycles. The molecule has 2 aromatic carbocycles. The molecule has 1 amide bonds. The van der Waals surface area contributed by atoms with Crippen molar-refractivity contribution in [2.75, 3.05) is 19.0 Å². The van der Waals surface area contributed by atoms with E-state index >= 15 is 0 Å². The van der Waals surface area contributed by atoms with Crippen LogP contribution in [0.2, 0.25) is 5.02 Å². The van der Waals surface area contributed by atoms with Crippen molar-refractivity contribution in [1.82, 2.24) is 5.43 Å². The second kappa shape index (κ2) is 9.59. The predicted molar refractivity (Wildman–Crippen MR) is 106 cm³/mol. The normalized spacial score (nSPS) is 10.4. The summed E-state index contributed by atoms with van der Waals surface area (Å²) in [4.78, 5) is 12.0. The quantitative estimate of drug-likeness (QED) is 0.380. The highest BCUT2D eigenvalue weighted by molar-refractivity contribution is 7.80. The van der Waals surface area contributed by atoms with Gasteiger partial charge in [0.25, 0.3) is 5.91 Å². The summed E-state index contributed by atoms with van der Waals surface area (Å²) in [5.41, 5.74) is 9.04. The SMILES string of the molecule is COc1cc(C=NNC(N)=S)cc(Cl)c1OCC(=O)Nc1ccccc1. The third kappa shape index (κ3) is 5.91. The Morgan fingerprint density at radius 2 is 2.08 bits per heavy atom. The molecule has 0 unspecified atom stereocenters. The zero-order valence-corrected chi connectivity index (χ0v) is 15.4. The molecule has 9 heteroatoms. The van der Waals surface area contributed by atoms with Crippen molar-refractivity contribution in [2.45, 2.75) is 0 Å². The molecule has 0 radical (unpaired) electrons. The van der Waals surface area contributed by atoms with Crippen LogP contribution in [0, 0.1) is 0 Å². The Hall–Kier alpha value is -2.84. The largest absolute Gasteiger partial charge is 0.493 e. The number of amides is 1. The van der Waals surface area contributed by atoms with Gasteiger partial charge in [-0.2, -0.15) is 5.10 Å². The average Bonchev–Trinajstić information content (AvgIpc) is 2.61. The highest BCUT2D eigenvalue weighted by atomic mass is 35.5. The van der Waals surface area contributed by atoms with Crippen molar-refractivity contribution in [3.8, 4) is 11.5 Å². The van der Waals surface area contributed by atoms with Crippen LogP contribution in [0.25, 0.3) is 0 Å². The molecule has 0 aromatic heterocycles. The maximum atomic E-state index is 12.0. The minimum Gasteiger partial charge on any atom is -0.493 e. The maximum absolute atomic E-state index is 12.0. The van der Waals surface area contributed by atoms with Gasteiger partial charge < -0.3 is 20.5 Å². The molecule has 7 nitrogen and oxygen atoms in total. The first kappa shape index (κ1) is 19.5. The van der Waals surface area contributed by atoms with E-state index in [2.05, 4.69) is 28.1 Å². The van der Waals surface area contributed by atoms with E-state index in [0.717, 1.165) is 0 Å². The van der Waals surface area contributed by atoms with E-state index in [1.54, 1.807) is 24.3 Å². The minimum atomic E-state index is -0.319. The van der Waals surface area contributed by atoms with Gasteiger partial charge in [-0.1, -0.05) is 29.8 Å². The van der Waals surface area contributed by atoms with Gasteiger partial charge in [-0.05, 0) is 42.0 Å². The summed E-state index contributed by atoms with van der Waals surface area (Å²) in [6, 6.07) is 12.3. The van der Waals surface area contributed by atoms with Gasteiger partial charge in [0, 0.05) is 5.69 Å². The number of nitrogens with one attached hydrogen (secondary N) is 2. The monoisotopic (exact) mass is 392 g/mol. The van der Waals surface area contributed by atoms with Crippen LogP contribution in [-0.4, -0.2) is 31.0 Å². The molecule has 0 atom stereocenters. The number of thiocarbonyl (C=S) groups is 1. The lowest BCUT2D eigenvalue weighted by atomic mass is 10.2. The molecule has 4 N–H and O–H groups in total. The molecular formula is C17H17ClN4O3S. The zero-order valence-electron chi connectivity index (χ0n) is 13.9. The van der Waals surface area contributed by atoms with Crippen LogP contribution in [0.15, 0.2) is 47.6 Å². The van der Waals surface area contributed by atoms with Crippen LogP contribution in [0.1, 0.15) is 5.56 Å². The molecule has 0 saturated heterocycles. The lowest BCUT2D eigenvalue weighted by Gasteiger charge is -2.13. The number of methoxy groups -OCH3 is 1. The van der Waals surface area contributed by atoms with Crippen molar-refractivity contribution < 1.29 is 14.3 Å². The molecule has 0 heterocycles. The Morgan fingerprint density at radius 3 is 2.73 bits per heavy atom. The molecule has 0 fully saturated rings. The molecule has 0 saturated carbocycles. The van der Waals surface area contributed by atoms with E-state index < -0.39 is 0 Å². The second-order valence-corrected chi connectivity index (χ2v) is 5.82. The van der Waals surface area contributed by atoms with Gasteiger partial charge in [0.1, 0.15) is 0 Å². The second-order valence-electron chi connectivity index (χ2n) is 4.97. The number of hydrazone groups is 1. The summed E-state index contributed by atoms with van der Waals surface area (Å²) in [5.74, 6) is 0.305. The third-order valence-corrected chi connectivity index (χ3v) is 3.42. The van der Waals surface area contributed by atoms with Crippen molar-refractivity contribution in [2.24, 2.45) is 10.8 Å². The van der Waals surface area contributed by atoms with Gasteiger partial charge >= 0.3 is 0 Å². The highest BCUT2D eigenvalue weighted by Gasteiger charge is 2.13. The highest BCUT2D eigenvalue weighted by Crippen LogP contribution is 2.36. The van der Waals surface area contributed by atoms with E-state index in [9.17, 15) is 4.79 Å². The van der Waals surface area contributed by atoms with Crippen LogP contribution >= 0.6 is 23.8 Å². The summed E-state index contributed by atoms with van der Waals surface area (Å²) in [7, 11) is 1.47. The maximum Gasteiger partial charge on any atom is 0.262 e. The third-order valence-electron chi connectivity index (χ3n) is 3.05. The predicted octanol–water partition coefficient (Wildman–Crippen LogP) is 2.53. The molecular weight excluding hydrogens is 376 g/mol. The Morgan fingerprint density at radius 1 is 1.35 bits per heavy atom. The van der Waals surface area contributed by atoms with Crippen LogP contribution in [0.4, 0.5) is 5.69 Å². The molecule has 26 heavy (non-hydrogen) atoms. The minimum absolute atomic E-state index is 0.0451. The molecule has 0 aliphatic carbocycles. The average molecular weight is 393 g/mol. The number of para-hydroxylation sites is 1. The lowest BCUT2D eigenvalue weighted by molar-refractivity contribution is -0.118. The van der Waals surface area contributed by atoms with Crippen LogP contribution < -0.4 is 25.9 Å². The van der Waals surface area contributed by atoms with Gasteiger partial charge in [-0.3, -0.25) is 10.2 Å². The lowest BCUT2D eigenvalue weighted by Crippen LogP contribution is -2.24. The molecule has 2 aromatic rings. The van der Waals surface area contributed by atoms with Crippen LogP contribution in [-0.2, 0) is 4.79 Å². The molecule has 0 aliphatic rings. The van der Waals surface area contributed by atoms with Crippen molar-refractivity contribution in [3.63, 3.8) is 0 Å². The number of nitrogens with two attached hydrogens (primary N) is 1. The number of nitrogens with zero attached hydrogens (tertiary/aromatic N) is 1. The Kier molecular flexibility index (Phi) is 7.19. The van der Waals surface area contributed by atoms with Crippen molar-refractivity contribution in [1.29, 1.82) is 0 Å². The smallest absolute Gasteiger partial charge is 0.262 e. The zero-order chi connectivity index (χ0) is 18.9. The fourth-order valence-electron chi connectivity index (χ4n) is 1.98.